The molecule has 0 spiro atoms. The van der Waals surface area contributed by atoms with Crippen molar-refractivity contribution in [3.05, 3.63) is 23.8 Å². The summed E-state index contributed by atoms with van der Waals surface area (Å²) in [6, 6.07) is 6.18. The van der Waals surface area contributed by atoms with Crippen LogP contribution >= 0.6 is 24.0 Å². The van der Waals surface area contributed by atoms with E-state index in [2.05, 4.69) is 41.6 Å². The van der Waals surface area contributed by atoms with Gasteiger partial charge in [-0.15, -0.1) is 24.0 Å². The molecule has 1 fully saturated rings. The average Bonchev–Trinajstić information content (AvgIpc) is 3.23. The highest BCUT2D eigenvalue weighted by atomic mass is 127. The van der Waals surface area contributed by atoms with Crippen molar-refractivity contribution in [2.75, 3.05) is 53.2 Å². The molecular weight excluding hydrogens is 485 g/mol. The molecule has 0 saturated carbocycles. The van der Waals surface area contributed by atoms with Gasteiger partial charge in [0.25, 0.3) is 0 Å². The summed E-state index contributed by atoms with van der Waals surface area (Å²) in [7, 11) is 1.79. The smallest absolute Gasteiger partial charge is 0.191 e. The van der Waals surface area contributed by atoms with Crippen LogP contribution in [0, 0.1) is 0 Å². The highest BCUT2D eigenvalue weighted by molar-refractivity contribution is 14.0. The summed E-state index contributed by atoms with van der Waals surface area (Å²) in [5.41, 5.74) is 1.12. The van der Waals surface area contributed by atoms with Gasteiger partial charge in [0.15, 0.2) is 17.5 Å². The molecule has 1 saturated heterocycles. The maximum atomic E-state index is 5.79. The van der Waals surface area contributed by atoms with Crippen molar-refractivity contribution in [3.8, 4) is 11.5 Å². The van der Waals surface area contributed by atoms with Gasteiger partial charge in [0.1, 0.15) is 13.2 Å². The van der Waals surface area contributed by atoms with Gasteiger partial charge in [-0.1, -0.05) is 19.9 Å². The first-order valence-corrected chi connectivity index (χ1v) is 10.1. The van der Waals surface area contributed by atoms with E-state index < -0.39 is 0 Å². The van der Waals surface area contributed by atoms with Crippen LogP contribution in [0.5, 0.6) is 11.5 Å². The third-order valence-electron chi connectivity index (χ3n) is 5.10. The molecule has 8 heteroatoms. The van der Waals surface area contributed by atoms with E-state index in [0.717, 1.165) is 63.2 Å². The van der Waals surface area contributed by atoms with Gasteiger partial charge in [0, 0.05) is 38.8 Å². The monoisotopic (exact) mass is 519 g/mol. The zero-order valence-corrected chi connectivity index (χ0v) is 20.0. The lowest BCUT2D eigenvalue weighted by Crippen LogP contribution is -2.43. The molecule has 3 rings (SSSR count). The number of benzene rings is 1. The molecule has 164 valence electrons. The molecule has 0 aromatic heterocycles. The molecule has 1 aromatic carbocycles. The number of nitrogens with zero attached hydrogens (tertiary/aromatic N) is 1. The van der Waals surface area contributed by atoms with Crippen molar-refractivity contribution in [2.24, 2.45) is 4.99 Å². The summed E-state index contributed by atoms with van der Waals surface area (Å²) in [6.45, 7) is 9.47. The number of halogens is 1. The van der Waals surface area contributed by atoms with Gasteiger partial charge in [-0.05, 0) is 30.5 Å². The predicted octanol–water partition coefficient (Wildman–Crippen LogP) is 2.71. The normalized spacial score (nSPS) is 18.9. The number of ether oxygens (including phenoxy) is 4. The fourth-order valence-electron chi connectivity index (χ4n) is 3.26. The Morgan fingerprint density at radius 3 is 2.69 bits per heavy atom. The van der Waals surface area contributed by atoms with E-state index in [1.54, 1.807) is 7.05 Å². The number of guanidine groups is 1. The maximum Gasteiger partial charge on any atom is 0.191 e. The van der Waals surface area contributed by atoms with Crippen LogP contribution in [0.15, 0.2) is 23.2 Å². The number of hydrogen-bond donors (Lipinski definition) is 2. The van der Waals surface area contributed by atoms with E-state index in [9.17, 15) is 0 Å². The Kier molecular flexibility index (Phi) is 9.78. The molecule has 0 bridgehead atoms. The summed E-state index contributed by atoms with van der Waals surface area (Å²) < 4.78 is 22.4. The quantitative estimate of drug-likeness (QED) is 0.238. The van der Waals surface area contributed by atoms with E-state index in [4.69, 9.17) is 18.9 Å². The Balaban J connectivity index is 0.00000300. The predicted molar refractivity (Wildman–Crippen MR) is 125 cm³/mol. The van der Waals surface area contributed by atoms with Crippen LogP contribution in [0.1, 0.15) is 32.3 Å². The van der Waals surface area contributed by atoms with Gasteiger partial charge in [0.2, 0.25) is 0 Å². The molecule has 2 aliphatic rings. The highest BCUT2D eigenvalue weighted by Crippen LogP contribution is 2.34. The van der Waals surface area contributed by atoms with Crippen LogP contribution in [-0.2, 0) is 14.9 Å². The third kappa shape index (κ3) is 7.18. The lowest BCUT2D eigenvalue weighted by Gasteiger charge is -2.28. The van der Waals surface area contributed by atoms with E-state index in [1.165, 1.54) is 5.56 Å². The van der Waals surface area contributed by atoms with E-state index in [-0.39, 0.29) is 35.5 Å². The maximum absolute atomic E-state index is 5.79. The minimum Gasteiger partial charge on any atom is -0.486 e. The summed E-state index contributed by atoms with van der Waals surface area (Å²) in [4.78, 5) is 4.32. The zero-order valence-electron chi connectivity index (χ0n) is 17.7. The molecule has 2 heterocycles. The van der Waals surface area contributed by atoms with Gasteiger partial charge in [-0.3, -0.25) is 4.99 Å². The second kappa shape index (κ2) is 11.8. The fourth-order valence-corrected chi connectivity index (χ4v) is 3.26. The number of hydrogen-bond acceptors (Lipinski definition) is 5. The molecule has 2 N–H and O–H groups in total. The van der Waals surface area contributed by atoms with Gasteiger partial charge in [-0.25, -0.2) is 0 Å². The lowest BCUT2D eigenvalue weighted by molar-refractivity contribution is 0.0420. The summed E-state index contributed by atoms with van der Waals surface area (Å²) in [5.74, 6) is 2.45. The molecule has 1 aromatic rings. The van der Waals surface area contributed by atoms with Crippen molar-refractivity contribution in [1.29, 1.82) is 0 Å². The SMILES string of the molecule is CN=C(NCCCOC1CCOC1)NCC(C)(C)c1ccc2c(c1)OCCO2.I. The Bertz CT molecular complexity index is 663. The Morgan fingerprint density at radius 2 is 1.97 bits per heavy atom. The molecule has 29 heavy (non-hydrogen) atoms. The van der Waals surface area contributed by atoms with Gasteiger partial charge >= 0.3 is 0 Å². The first-order valence-electron chi connectivity index (χ1n) is 10.1. The standard InChI is InChI=1S/C21H33N3O4.HI/c1-21(2,16-5-6-18-19(13-16)28-12-11-27-18)15-24-20(22-3)23-8-4-9-26-17-7-10-25-14-17;/h5-6,13,17H,4,7-12,14-15H2,1-3H3,(H2,22,23,24);1H. The van der Waals surface area contributed by atoms with Crippen LogP contribution in [-0.4, -0.2) is 65.2 Å². The number of fused-ring (bicyclic) bond motifs is 1. The van der Waals surface area contributed by atoms with Crippen molar-refractivity contribution in [3.63, 3.8) is 0 Å². The molecule has 1 atom stereocenters. The van der Waals surface area contributed by atoms with E-state index in [1.807, 2.05) is 6.07 Å². The molecule has 0 radical (unpaired) electrons. The van der Waals surface area contributed by atoms with Crippen LogP contribution in [0.25, 0.3) is 0 Å². The molecule has 2 aliphatic heterocycles. The minimum atomic E-state index is -0.0843. The van der Waals surface area contributed by atoms with Crippen LogP contribution in [0.3, 0.4) is 0 Å². The number of aliphatic imine (C=N–C) groups is 1. The van der Waals surface area contributed by atoms with Crippen molar-refractivity contribution in [2.45, 2.75) is 38.2 Å². The second-order valence-electron chi connectivity index (χ2n) is 7.80. The van der Waals surface area contributed by atoms with Crippen LogP contribution in [0.4, 0.5) is 0 Å². The average molecular weight is 519 g/mol. The number of rotatable bonds is 8. The van der Waals surface area contributed by atoms with Crippen molar-refractivity contribution in [1.82, 2.24) is 10.6 Å². The lowest BCUT2D eigenvalue weighted by atomic mass is 9.84. The van der Waals surface area contributed by atoms with Crippen molar-refractivity contribution < 1.29 is 18.9 Å². The number of nitrogens with one attached hydrogen (secondary N) is 2. The van der Waals surface area contributed by atoms with E-state index in [0.29, 0.717) is 13.2 Å². The molecule has 0 amide bonds. The second-order valence-corrected chi connectivity index (χ2v) is 7.80. The zero-order chi connectivity index (χ0) is 19.8. The summed E-state index contributed by atoms with van der Waals surface area (Å²) in [5, 5.41) is 6.78. The Labute approximate surface area is 190 Å². The third-order valence-corrected chi connectivity index (χ3v) is 5.10. The summed E-state index contributed by atoms with van der Waals surface area (Å²) in [6.07, 6.45) is 2.21. The first-order chi connectivity index (χ1) is 13.6. The van der Waals surface area contributed by atoms with Crippen LogP contribution < -0.4 is 20.1 Å². The minimum absolute atomic E-state index is 0. The molecule has 0 aliphatic carbocycles. The molecule has 7 nitrogen and oxygen atoms in total. The van der Waals surface area contributed by atoms with Crippen LogP contribution in [0.2, 0.25) is 0 Å². The summed E-state index contributed by atoms with van der Waals surface area (Å²) >= 11 is 0. The van der Waals surface area contributed by atoms with Gasteiger partial charge in [0.05, 0.1) is 12.7 Å². The Morgan fingerprint density at radius 1 is 1.17 bits per heavy atom. The van der Waals surface area contributed by atoms with Crippen molar-refractivity contribution >= 4 is 29.9 Å². The fraction of sp³-hybridized carbons (Fsp3) is 0.667. The first kappa shape index (κ1) is 24.0. The topological polar surface area (TPSA) is 73.3 Å². The molecular formula is C21H34IN3O4. The molecule has 1 unspecified atom stereocenters. The van der Waals surface area contributed by atoms with Gasteiger partial charge in [-0.2, -0.15) is 0 Å². The Hall–Kier alpha value is -1.26. The van der Waals surface area contributed by atoms with Gasteiger partial charge < -0.3 is 29.6 Å². The largest absolute Gasteiger partial charge is 0.486 e. The van der Waals surface area contributed by atoms with E-state index >= 15 is 0 Å². The highest BCUT2D eigenvalue weighted by Gasteiger charge is 2.24.